The topological polar surface area (TPSA) is 21.7 Å². The minimum atomic E-state index is 0.810. The zero-order valence-electron chi connectivity index (χ0n) is 17.3. The fraction of sp³-hybridized carbons (Fsp3) is 0.440. The maximum atomic E-state index is 5.96. The van der Waals surface area contributed by atoms with Gasteiger partial charge in [0.05, 0.1) is 13.7 Å². The Hall–Kier alpha value is -1.88. The summed E-state index contributed by atoms with van der Waals surface area (Å²) in [5.41, 5.74) is 2.75. The second-order valence-electron chi connectivity index (χ2n) is 8.01. The van der Waals surface area contributed by atoms with Gasteiger partial charge in [-0.15, -0.1) is 11.3 Å². The maximum Gasteiger partial charge on any atom is 0.118 e. The van der Waals surface area contributed by atoms with E-state index in [1.165, 1.54) is 53.6 Å². The molecule has 2 heterocycles. The van der Waals surface area contributed by atoms with Crippen LogP contribution in [-0.4, -0.2) is 38.3 Å². The number of rotatable bonds is 9. The molecule has 0 N–H and O–H groups in total. The summed E-state index contributed by atoms with van der Waals surface area (Å²) >= 11 is 1.81. The third kappa shape index (κ3) is 5.81. The molecule has 0 bridgehead atoms. The van der Waals surface area contributed by atoms with Gasteiger partial charge in [0.2, 0.25) is 0 Å². The third-order valence-corrected chi connectivity index (χ3v) is 6.89. The Morgan fingerprint density at radius 1 is 0.966 bits per heavy atom. The highest BCUT2D eigenvalue weighted by atomic mass is 32.1. The Balaban J connectivity index is 1.10. The zero-order valence-corrected chi connectivity index (χ0v) is 18.1. The summed E-state index contributed by atoms with van der Waals surface area (Å²) in [6, 6.07) is 17.4. The average Bonchev–Trinajstić information content (AvgIpc) is 3.23. The number of hydrogen-bond acceptors (Lipinski definition) is 4. The Morgan fingerprint density at radius 3 is 2.55 bits per heavy atom. The molecule has 29 heavy (non-hydrogen) atoms. The predicted octanol–water partition coefficient (Wildman–Crippen LogP) is 5.77. The molecule has 0 spiro atoms. The van der Waals surface area contributed by atoms with Crippen molar-refractivity contribution in [3.05, 3.63) is 65.0 Å². The van der Waals surface area contributed by atoms with Gasteiger partial charge >= 0.3 is 0 Å². The first kappa shape index (κ1) is 20.4. The summed E-state index contributed by atoms with van der Waals surface area (Å²) in [5.74, 6) is 1.74. The number of piperidine rings is 1. The molecular weight excluding hydrogens is 378 g/mol. The van der Waals surface area contributed by atoms with Gasteiger partial charge < -0.3 is 9.47 Å². The second kappa shape index (κ2) is 10.2. The van der Waals surface area contributed by atoms with Crippen LogP contribution in [0, 0.1) is 5.92 Å². The van der Waals surface area contributed by atoms with Crippen LogP contribution in [0.25, 0.3) is 10.1 Å². The summed E-state index contributed by atoms with van der Waals surface area (Å²) in [5, 5.41) is 3.52. The van der Waals surface area contributed by atoms with Crippen molar-refractivity contribution < 1.29 is 9.47 Å². The Morgan fingerprint density at radius 2 is 1.76 bits per heavy atom. The van der Waals surface area contributed by atoms with Crippen molar-refractivity contribution in [2.75, 3.05) is 33.4 Å². The Bertz CT molecular complexity index is 881. The molecule has 0 saturated carbocycles. The highest BCUT2D eigenvalue weighted by Gasteiger charge is 2.19. The summed E-state index contributed by atoms with van der Waals surface area (Å²) in [7, 11) is 1.72. The van der Waals surface area contributed by atoms with Crippen molar-refractivity contribution in [1.82, 2.24) is 4.90 Å². The molecular formula is C25H31NO2S. The number of ether oxygens (including phenoxy) is 2. The first-order valence-corrected chi connectivity index (χ1v) is 11.6. The van der Waals surface area contributed by atoms with Gasteiger partial charge in [-0.3, -0.25) is 4.90 Å². The predicted molar refractivity (Wildman–Crippen MR) is 122 cm³/mol. The van der Waals surface area contributed by atoms with Crippen LogP contribution in [0.15, 0.2) is 53.9 Å². The number of nitrogens with zero attached hydrogens (tertiary/aromatic N) is 1. The van der Waals surface area contributed by atoms with Gasteiger partial charge in [0, 0.05) is 17.9 Å². The summed E-state index contributed by atoms with van der Waals surface area (Å²) in [4.78, 5) is 2.57. The SMILES string of the molecule is COc1ccc(CN2CCC(CCOCCc3ccc4sccc4c3)CC2)cc1. The first-order valence-electron chi connectivity index (χ1n) is 10.7. The summed E-state index contributed by atoms with van der Waals surface area (Å²) < 4.78 is 12.6. The first-order chi connectivity index (χ1) is 14.3. The lowest BCUT2D eigenvalue weighted by atomic mass is 9.93. The molecule has 0 atom stereocenters. The van der Waals surface area contributed by atoms with Crippen LogP contribution in [0.3, 0.4) is 0 Å². The largest absolute Gasteiger partial charge is 0.497 e. The Kier molecular flexibility index (Phi) is 7.20. The molecule has 1 saturated heterocycles. The van der Waals surface area contributed by atoms with Gasteiger partial charge in [-0.1, -0.05) is 24.3 Å². The molecule has 0 amide bonds. The molecule has 1 fully saturated rings. The monoisotopic (exact) mass is 409 g/mol. The van der Waals surface area contributed by atoms with Crippen LogP contribution in [-0.2, 0) is 17.7 Å². The molecule has 3 aromatic rings. The van der Waals surface area contributed by atoms with Crippen molar-refractivity contribution in [3.63, 3.8) is 0 Å². The van der Waals surface area contributed by atoms with E-state index in [2.05, 4.69) is 58.8 Å². The molecule has 4 rings (SSSR count). The van der Waals surface area contributed by atoms with Crippen molar-refractivity contribution >= 4 is 21.4 Å². The molecule has 154 valence electrons. The molecule has 0 radical (unpaired) electrons. The molecule has 1 aliphatic heterocycles. The van der Waals surface area contributed by atoms with E-state index in [9.17, 15) is 0 Å². The zero-order chi connectivity index (χ0) is 19.9. The molecule has 4 heteroatoms. The van der Waals surface area contributed by atoms with Crippen LogP contribution in [0.4, 0.5) is 0 Å². The smallest absolute Gasteiger partial charge is 0.118 e. The van der Waals surface area contributed by atoms with Crippen molar-refractivity contribution in [1.29, 1.82) is 0 Å². The van der Waals surface area contributed by atoms with E-state index in [0.29, 0.717) is 0 Å². The van der Waals surface area contributed by atoms with E-state index in [4.69, 9.17) is 9.47 Å². The van der Waals surface area contributed by atoms with Crippen molar-refractivity contribution in [2.24, 2.45) is 5.92 Å². The van der Waals surface area contributed by atoms with Gasteiger partial charge in [-0.05, 0) is 90.8 Å². The van der Waals surface area contributed by atoms with Crippen molar-refractivity contribution in [3.8, 4) is 5.75 Å². The lowest BCUT2D eigenvalue weighted by Crippen LogP contribution is -2.33. The number of fused-ring (bicyclic) bond motifs is 1. The molecule has 0 aliphatic carbocycles. The number of hydrogen-bond donors (Lipinski definition) is 0. The molecule has 1 aliphatic rings. The molecule has 1 aromatic heterocycles. The molecule has 3 nitrogen and oxygen atoms in total. The van der Waals surface area contributed by atoms with E-state index < -0.39 is 0 Å². The number of benzene rings is 2. The molecule has 0 unspecified atom stereocenters. The maximum absolute atomic E-state index is 5.96. The summed E-state index contributed by atoms with van der Waals surface area (Å²) in [6.45, 7) is 5.15. The Labute approximate surface area is 178 Å². The number of thiophene rings is 1. The highest BCUT2D eigenvalue weighted by Crippen LogP contribution is 2.23. The molecule has 2 aromatic carbocycles. The minimum absolute atomic E-state index is 0.810. The van der Waals surface area contributed by atoms with Gasteiger partial charge in [-0.25, -0.2) is 0 Å². The van der Waals surface area contributed by atoms with E-state index in [1.54, 1.807) is 18.4 Å². The van der Waals surface area contributed by atoms with Crippen LogP contribution in [0.1, 0.15) is 30.4 Å². The van der Waals surface area contributed by atoms with Crippen LogP contribution in [0.5, 0.6) is 5.75 Å². The van der Waals surface area contributed by atoms with E-state index in [0.717, 1.165) is 37.8 Å². The van der Waals surface area contributed by atoms with E-state index in [1.807, 2.05) is 0 Å². The van der Waals surface area contributed by atoms with Gasteiger partial charge in [0.25, 0.3) is 0 Å². The van der Waals surface area contributed by atoms with Crippen LogP contribution >= 0.6 is 11.3 Å². The van der Waals surface area contributed by atoms with Crippen LogP contribution in [0.2, 0.25) is 0 Å². The normalized spacial score (nSPS) is 15.8. The van der Waals surface area contributed by atoms with Crippen LogP contribution < -0.4 is 4.74 Å². The number of methoxy groups -OCH3 is 1. The quantitative estimate of drug-likeness (QED) is 0.419. The third-order valence-electron chi connectivity index (χ3n) is 5.99. The minimum Gasteiger partial charge on any atom is -0.497 e. The summed E-state index contributed by atoms with van der Waals surface area (Å²) in [6.07, 6.45) is 4.77. The lowest BCUT2D eigenvalue weighted by molar-refractivity contribution is 0.102. The van der Waals surface area contributed by atoms with Gasteiger partial charge in [-0.2, -0.15) is 0 Å². The van der Waals surface area contributed by atoms with Gasteiger partial charge in [0.15, 0.2) is 0 Å². The average molecular weight is 410 g/mol. The second-order valence-corrected chi connectivity index (χ2v) is 8.96. The fourth-order valence-electron chi connectivity index (χ4n) is 4.14. The number of likely N-dealkylation sites (tertiary alicyclic amines) is 1. The highest BCUT2D eigenvalue weighted by molar-refractivity contribution is 7.17. The van der Waals surface area contributed by atoms with E-state index in [-0.39, 0.29) is 0 Å². The fourth-order valence-corrected chi connectivity index (χ4v) is 4.91. The standard InChI is InChI=1S/C25H31NO2S/c1-27-24-5-2-22(3-6-24)19-26-13-8-20(9-14-26)10-15-28-16-11-21-4-7-25-23(18-21)12-17-29-25/h2-7,12,17-18,20H,8-11,13-16,19H2,1H3. The lowest BCUT2D eigenvalue weighted by Gasteiger charge is -2.32. The van der Waals surface area contributed by atoms with Crippen molar-refractivity contribution in [2.45, 2.75) is 32.2 Å². The van der Waals surface area contributed by atoms with E-state index >= 15 is 0 Å². The van der Waals surface area contributed by atoms with Gasteiger partial charge in [0.1, 0.15) is 5.75 Å².